The number of carbonyl (C=O) groups is 1. The Bertz CT molecular complexity index is 1630. The normalized spacial score (nSPS) is 12.1. The van der Waals surface area contributed by atoms with Crippen LogP contribution in [-0.2, 0) is 11.3 Å². The first-order valence-corrected chi connectivity index (χ1v) is 13.4. The number of nitrogens with one attached hydrogen (secondary N) is 2. The van der Waals surface area contributed by atoms with E-state index < -0.39 is 5.25 Å². The zero-order valence-electron chi connectivity index (χ0n) is 21.0. The number of nitrogens with zero attached hydrogens (tertiary/aromatic N) is 4. The summed E-state index contributed by atoms with van der Waals surface area (Å²) >= 11 is 7.24. The van der Waals surface area contributed by atoms with Gasteiger partial charge in [0.25, 0.3) is 5.91 Å². The molecule has 10 heteroatoms. The van der Waals surface area contributed by atoms with E-state index in [4.69, 9.17) is 11.6 Å². The summed E-state index contributed by atoms with van der Waals surface area (Å²) in [6, 6.07) is 28.7. The van der Waals surface area contributed by atoms with Crippen molar-refractivity contribution in [3.8, 4) is 11.4 Å². The van der Waals surface area contributed by atoms with Crippen LogP contribution in [0.3, 0.4) is 0 Å². The summed E-state index contributed by atoms with van der Waals surface area (Å²) in [4.78, 5) is 12.8. The Labute approximate surface area is 234 Å². The molecule has 1 atom stereocenters. The predicted molar refractivity (Wildman–Crippen MR) is 157 cm³/mol. The third kappa shape index (κ3) is 6.22. The molecule has 5 rings (SSSR count). The van der Waals surface area contributed by atoms with Crippen LogP contribution < -0.4 is 10.7 Å². The predicted octanol–water partition coefficient (Wildman–Crippen LogP) is 6.02. The topological polar surface area (TPSA) is 104 Å². The van der Waals surface area contributed by atoms with E-state index in [1.165, 1.54) is 24.0 Å². The molecule has 0 bridgehead atoms. The van der Waals surface area contributed by atoms with Crippen LogP contribution in [0.2, 0.25) is 5.02 Å². The lowest BCUT2D eigenvalue weighted by Gasteiger charge is -2.14. The van der Waals surface area contributed by atoms with Gasteiger partial charge in [-0.25, -0.2) is 5.43 Å². The van der Waals surface area contributed by atoms with Gasteiger partial charge in [-0.1, -0.05) is 78.0 Å². The van der Waals surface area contributed by atoms with E-state index in [1.54, 1.807) is 19.1 Å². The minimum absolute atomic E-state index is 0.0143. The second-order valence-electron chi connectivity index (χ2n) is 8.65. The third-order valence-corrected chi connectivity index (χ3v) is 7.24. The summed E-state index contributed by atoms with van der Waals surface area (Å²) in [5, 5.41) is 29.0. The number of aromatic nitrogens is 3. The number of fused-ring (bicyclic) bond motifs is 1. The number of para-hydroxylation sites is 1. The maximum atomic E-state index is 12.8. The number of anilines is 1. The Kier molecular flexibility index (Phi) is 8.10. The van der Waals surface area contributed by atoms with Crippen molar-refractivity contribution in [3.63, 3.8) is 0 Å². The highest BCUT2D eigenvalue weighted by Crippen LogP contribution is 2.28. The maximum absolute atomic E-state index is 12.8. The molecule has 0 unspecified atom stereocenters. The van der Waals surface area contributed by atoms with Crippen LogP contribution in [0, 0.1) is 0 Å². The zero-order chi connectivity index (χ0) is 27.2. The molecule has 0 radical (unpaired) electrons. The molecule has 8 nitrogen and oxygen atoms in total. The Morgan fingerprint density at radius 1 is 1.05 bits per heavy atom. The SMILES string of the molecule is C[C@@H](Sc1nnc(CNc2cccc3ccccc23)n1-c1ccccc1)C(=O)N/N=C\c1cc(Cl)ccc1O. The smallest absolute Gasteiger partial charge is 0.253 e. The van der Waals surface area contributed by atoms with Gasteiger partial charge in [0, 0.05) is 27.3 Å². The Balaban J connectivity index is 1.33. The molecule has 0 aliphatic heterocycles. The average Bonchev–Trinajstić information content (AvgIpc) is 3.36. The maximum Gasteiger partial charge on any atom is 0.253 e. The minimum Gasteiger partial charge on any atom is -0.507 e. The van der Waals surface area contributed by atoms with Gasteiger partial charge >= 0.3 is 0 Å². The minimum atomic E-state index is -0.527. The number of phenolic OH excluding ortho intramolecular Hbond substituents is 1. The fourth-order valence-electron chi connectivity index (χ4n) is 3.98. The lowest BCUT2D eigenvalue weighted by molar-refractivity contribution is -0.120. The highest BCUT2D eigenvalue weighted by Gasteiger charge is 2.21. The number of benzene rings is 4. The number of phenols is 1. The monoisotopic (exact) mass is 556 g/mol. The summed E-state index contributed by atoms with van der Waals surface area (Å²) in [7, 11) is 0. The van der Waals surface area contributed by atoms with E-state index in [2.05, 4.69) is 44.2 Å². The molecule has 0 saturated heterocycles. The molecule has 1 amide bonds. The van der Waals surface area contributed by atoms with Crippen molar-refractivity contribution in [1.29, 1.82) is 0 Å². The molecule has 0 aliphatic rings. The summed E-state index contributed by atoms with van der Waals surface area (Å²) in [6.45, 7) is 2.20. The van der Waals surface area contributed by atoms with Gasteiger partial charge in [-0.15, -0.1) is 10.2 Å². The number of aromatic hydroxyl groups is 1. The number of hydrazone groups is 1. The fourth-order valence-corrected chi connectivity index (χ4v) is 5.04. The number of rotatable bonds is 9. The summed E-state index contributed by atoms with van der Waals surface area (Å²) in [5.41, 5.74) is 4.80. The lowest BCUT2D eigenvalue weighted by atomic mass is 10.1. The van der Waals surface area contributed by atoms with Gasteiger partial charge in [-0.05, 0) is 48.7 Å². The van der Waals surface area contributed by atoms with Crippen LogP contribution >= 0.6 is 23.4 Å². The first-order valence-electron chi connectivity index (χ1n) is 12.2. The molecule has 0 fully saturated rings. The van der Waals surface area contributed by atoms with Crippen molar-refractivity contribution in [2.75, 3.05) is 5.32 Å². The van der Waals surface area contributed by atoms with Crippen molar-refractivity contribution < 1.29 is 9.90 Å². The van der Waals surface area contributed by atoms with E-state index in [0.717, 1.165) is 22.1 Å². The molecule has 0 spiro atoms. The fraction of sp³-hybridized carbons (Fsp3) is 0.103. The van der Waals surface area contributed by atoms with Gasteiger partial charge in [0.2, 0.25) is 0 Å². The molecular weight excluding hydrogens is 532 g/mol. The van der Waals surface area contributed by atoms with Gasteiger partial charge in [0.1, 0.15) is 5.75 Å². The Morgan fingerprint density at radius 3 is 2.67 bits per heavy atom. The van der Waals surface area contributed by atoms with Crippen LogP contribution in [-0.4, -0.2) is 37.2 Å². The van der Waals surface area contributed by atoms with Crippen LogP contribution in [0.25, 0.3) is 16.5 Å². The average molecular weight is 557 g/mol. The molecule has 0 saturated carbocycles. The van der Waals surface area contributed by atoms with Gasteiger partial charge in [0.15, 0.2) is 11.0 Å². The van der Waals surface area contributed by atoms with Gasteiger partial charge in [-0.3, -0.25) is 9.36 Å². The molecule has 196 valence electrons. The molecule has 5 aromatic rings. The Morgan fingerprint density at radius 2 is 1.82 bits per heavy atom. The molecule has 1 heterocycles. The first-order chi connectivity index (χ1) is 19.0. The van der Waals surface area contributed by atoms with Crippen LogP contribution in [0.15, 0.2) is 101 Å². The number of halogens is 1. The van der Waals surface area contributed by atoms with Crippen molar-refractivity contribution in [2.24, 2.45) is 5.10 Å². The first kappa shape index (κ1) is 26.3. The van der Waals surface area contributed by atoms with Gasteiger partial charge in [-0.2, -0.15) is 5.10 Å². The Hall–Kier alpha value is -4.34. The van der Waals surface area contributed by atoms with Crippen molar-refractivity contribution in [2.45, 2.75) is 23.9 Å². The largest absolute Gasteiger partial charge is 0.507 e. The molecule has 4 aromatic carbocycles. The number of amides is 1. The van der Waals surface area contributed by atoms with Crippen molar-refractivity contribution >= 4 is 51.9 Å². The van der Waals surface area contributed by atoms with Crippen molar-refractivity contribution in [3.05, 3.63) is 107 Å². The van der Waals surface area contributed by atoms with E-state index in [9.17, 15) is 9.90 Å². The molecule has 1 aromatic heterocycles. The number of hydrogen-bond acceptors (Lipinski definition) is 7. The lowest BCUT2D eigenvalue weighted by Crippen LogP contribution is -2.27. The van der Waals surface area contributed by atoms with Crippen LogP contribution in [0.5, 0.6) is 5.75 Å². The van der Waals surface area contributed by atoms with Crippen LogP contribution in [0.4, 0.5) is 5.69 Å². The number of thioether (sulfide) groups is 1. The zero-order valence-corrected chi connectivity index (χ0v) is 22.5. The number of carbonyl (C=O) groups excluding carboxylic acids is 1. The molecule has 3 N–H and O–H groups in total. The highest BCUT2D eigenvalue weighted by molar-refractivity contribution is 8.00. The van der Waals surface area contributed by atoms with Gasteiger partial charge < -0.3 is 10.4 Å². The van der Waals surface area contributed by atoms with E-state index in [1.807, 2.05) is 59.2 Å². The van der Waals surface area contributed by atoms with Crippen LogP contribution in [0.1, 0.15) is 18.3 Å². The number of hydrogen-bond donors (Lipinski definition) is 3. The quantitative estimate of drug-likeness (QED) is 0.116. The molecular formula is C29H25ClN6O2S. The van der Waals surface area contributed by atoms with Gasteiger partial charge in [0.05, 0.1) is 18.0 Å². The van der Waals surface area contributed by atoms with E-state index >= 15 is 0 Å². The molecule has 39 heavy (non-hydrogen) atoms. The second kappa shape index (κ2) is 12.0. The molecule has 0 aliphatic carbocycles. The second-order valence-corrected chi connectivity index (χ2v) is 10.4. The summed E-state index contributed by atoms with van der Waals surface area (Å²) in [6.07, 6.45) is 1.35. The summed E-state index contributed by atoms with van der Waals surface area (Å²) in [5.74, 6) is 0.398. The highest BCUT2D eigenvalue weighted by atomic mass is 35.5. The van der Waals surface area contributed by atoms with Crippen molar-refractivity contribution in [1.82, 2.24) is 20.2 Å². The van der Waals surface area contributed by atoms with E-state index in [0.29, 0.717) is 28.1 Å². The third-order valence-electron chi connectivity index (χ3n) is 5.96. The standard InChI is InChI=1S/C29H25ClN6O2S/c1-19(28(38)34-32-17-21-16-22(30)14-15-26(21)37)39-29-35-33-27(36(29)23-10-3-2-4-11-23)18-31-25-13-7-9-20-8-5-6-12-24(20)25/h2-17,19,31,37H,18H2,1H3,(H,34,38)/b32-17-/t19-/m1/s1. The summed E-state index contributed by atoms with van der Waals surface area (Å²) < 4.78 is 1.94. The van der Waals surface area contributed by atoms with E-state index in [-0.39, 0.29) is 11.7 Å².